The van der Waals surface area contributed by atoms with Crippen LogP contribution in [-0.4, -0.2) is 21.7 Å². The molecule has 0 saturated carbocycles. The van der Waals surface area contributed by atoms with E-state index < -0.39 is 0 Å². The van der Waals surface area contributed by atoms with Crippen molar-refractivity contribution in [3.8, 4) is 11.4 Å². The Labute approximate surface area is 144 Å². The van der Waals surface area contributed by atoms with Gasteiger partial charge >= 0.3 is 0 Å². The number of nitrogens with zero attached hydrogens (tertiary/aromatic N) is 2. The molecule has 1 aliphatic rings. The molecular weight excluding hydrogens is 406 g/mol. The van der Waals surface area contributed by atoms with E-state index in [1.54, 1.807) is 0 Å². The number of anilines is 1. The van der Waals surface area contributed by atoms with E-state index in [9.17, 15) is 0 Å². The lowest BCUT2D eigenvalue weighted by atomic mass is 10.0. The highest BCUT2D eigenvalue weighted by molar-refractivity contribution is 14.1. The Morgan fingerprint density at radius 3 is 3.00 bits per heavy atom. The first-order chi connectivity index (χ1) is 10.6. The summed E-state index contributed by atoms with van der Waals surface area (Å²) in [5.41, 5.74) is 6.56. The van der Waals surface area contributed by atoms with Crippen LogP contribution >= 0.6 is 31.8 Å². The maximum absolute atomic E-state index is 4.87. The first-order valence-corrected chi connectivity index (χ1v) is 8.97. The molecule has 0 fully saturated rings. The van der Waals surface area contributed by atoms with E-state index in [0.717, 1.165) is 47.4 Å². The van der Waals surface area contributed by atoms with Crippen molar-refractivity contribution in [1.29, 1.82) is 0 Å². The van der Waals surface area contributed by atoms with Crippen LogP contribution in [0.25, 0.3) is 22.3 Å². The third-order valence-electron chi connectivity index (χ3n) is 4.11. The molecule has 6 heteroatoms. The van der Waals surface area contributed by atoms with Gasteiger partial charge in [-0.05, 0) is 71.4 Å². The van der Waals surface area contributed by atoms with Crippen LogP contribution in [0.1, 0.15) is 17.7 Å². The quantitative estimate of drug-likeness (QED) is 0.467. The molecule has 0 bridgehead atoms. The van der Waals surface area contributed by atoms with E-state index in [1.807, 2.05) is 0 Å². The number of halogens is 1. The van der Waals surface area contributed by atoms with Crippen molar-refractivity contribution in [2.75, 3.05) is 11.9 Å². The molecule has 0 amide bonds. The van der Waals surface area contributed by atoms with Crippen LogP contribution in [0, 0.1) is 10.5 Å². The number of nitrogens with one attached hydrogen (secondary N) is 2. The average Bonchev–Trinajstić information content (AvgIpc) is 2.90. The fourth-order valence-corrected chi connectivity index (χ4v) is 3.72. The molecule has 0 radical (unpaired) electrons. The molecule has 2 N–H and O–H groups in total. The minimum Gasteiger partial charge on any atom is -0.383 e. The molecular formula is C16H16IN4P. The van der Waals surface area contributed by atoms with E-state index >= 15 is 0 Å². The van der Waals surface area contributed by atoms with E-state index in [-0.39, 0.29) is 0 Å². The van der Waals surface area contributed by atoms with Gasteiger partial charge in [-0.1, -0.05) is 0 Å². The number of hydrogen-bond donors (Lipinski definition) is 2. The summed E-state index contributed by atoms with van der Waals surface area (Å²) in [6.07, 6.45) is 2.17. The second kappa shape index (κ2) is 5.46. The van der Waals surface area contributed by atoms with Gasteiger partial charge in [-0.2, -0.15) is 5.10 Å². The maximum Gasteiger partial charge on any atom is 0.118 e. The number of aryl methyl sites for hydroxylation is 2. The number of H-pyrrole nitrogens is 1. The molecule has 0 aliphatic carbocycles. The van der Waals surface area contributed by atoms with Gasteiger partial charge in [0.1, 0.15) is 5.69 Å². The Morgan fingerprint density at radius 1 is 1.27 bits per heavy atom. The Balaban J connectivity index is 1.92. The number of pyridine rings is 1. The SMILES string of the molecule is Cc1cc(-c2n[nH]c3cc(P)c(I)cc23)nc2c1NCCC2. The summed E-state index contributed by atoms with van der Waals surface area (Å²) >= 11 is 2.35. The number of fused-ring (bicyclic) bond motifs is 2. The van der Waals surface area contributed by atoms with E-state index in [4.69, 9.17) is 4.98 Å². The van der Waals surface area contributed by atoms with Crippen LogP contribution in [0.4, 0.5) is 5.69 Å². The summed E-state index contributed by atoms with van der Waals surface area (Å²) < 4.78 is 1.22. The smallest absolute Gasteiger partial charge is 0.118 e. The minimum atomic E-state index is 0.939. The fraction of sp³-hybridized carbons (Fsp3) is 0.250. The predicted octanol–water partition coefficient (Wildman–Crippen LogP) is 3.40. The van der Waals surface area contributed by atoms with Crippen LogP contribution in [0.3, 0.4) is 0 Å². The largest absolute Gasteiger partial charge is 0.383 e. The normalized spacial score (nSPS) is 14.0. The van der Waals surface area contributed by atoms with Crippen molar-refractivity contribution in [2.24, 2.45) is 0 Å². The molecule has 2 aromatic heterocycles. The number of rotatable bonds is 1. The van der Waals surface area contributed by atoms with E-state index in [1.165, 1.54) is 20.1 Å². The number of aromatic amines is 1. The van der Waals surface area contributed by atoms with E-state index in [0.29, 0.717) is 0 Å². The van der Waals surface area contributed by atoms with Gasteiger partial charge in [0, 0.05) is 15.5 Å². The van der Waals surface area contributed by atoms with Crippen molar-refractivity contribution in [3.05, 3.63) is 33.0 Å². The van der Waals surface area contributed by atoms with Gasteiger partial charge < -0.3 is 5.32 Å². The van der Waals surface area contributed by atoms with Gasteiger partial charge in [-0.25, -0.2) is 4.98 Å². The summed E-state index contributed by atoms with van der Waals surface area (Å²) in [4.78, 5) is 4.87. The molecule has 1 aromatic carbocycles. The molecule has 1 unspecified atom stereocenters. The highest BCUT2D eigenvalue weighted by Gasteiger charge is 2.17. The Bertz CT molecular complexity index is 887. The molecule has 22 heavy (non-hydrogen) atoms. The third kappa shape index (κ3) is 2.31. The molecule has 3 aromatic rings. The van der Waals surface area contributed by atoms with Crippen LogP contribution < -0.4 is 10.6 Å². The molecule has 0 saturated heterocycles. The van der Waals surface area contributed by atoms with Crippen molar-refractivity contribution < 1.29 is 0 Å². The Morgan fingerprint density at radius 2 is 2.14 bits per heavy atom. The average molecular weight is 422 g/mol. The zero-order valence-corrected chi connectivity index (χ0v) is 15.5. The first kappa shape index (κ1) is 14.4. The molecule has 0 spiro atoms. The highest BCUT2D eigenvalue weighted by atomic mass is 127. The lowest BCUT2D eigenvalue weighted by Crippen LogP contribution is -2.14. The topological polar surface area (TPSA) is 53.6 Å². The van der Waals surface area contributed by atoms with Crippen LogP contribution in [-0.2, 0) is 6.42 Å². The Kier molecular flexibility index (Phi) is 3.57. The number of benzene rings is 1. The van der Waals surface area contributed by atoms with Gasteiger partial charge in [0.05, 0.1) is 22.6 Å². The zero-order chi connectivity index (χ0) is 15.3. The molecule has 112 valence electrons. The van der Waals surface area contributed by atoms with Gasteiger partial charge in [0.15, 0.2) is 0 Å². The summed E-state index contributed by atoms with van der Waals surface area (Å²) in [6.45, 7) is 3.18. The highest BCUT2D eigenvalue weighted by Crippen LogP contribution is 2.31. The molecule has 4 rings (SSSR count). The first-order valence-electron chi connectivity index (χ1n) is 7.31. The van der Waals surface area contributed by atoms with Gasteiger partial charge in [0.2, 0.25) is 0 Å². The molecule has 3 heterocycles. The molecule has 4 nitrogen and oxygen atoms in total. The van der Waals surface area contributed by atoms with Gasteiger partial charge in [-0.15, -0.1) is 9.24 Å². The summed E-state index contributed by atoms with van der Waals surface area (Å²) in [7, 11) is 2.76. The summed E-state index contributed by atoms with van der Waals surface area (Å²) in [5, 5.41) is 13.4. The lowest BCUT2D eigenvalue weighted by Gasteiger charge is -2.20. The van der Waals surface area contributed by atoms with Crippen molar-refractivity contribution in [2.45, 2.75) is 19.8 Å². The zero-order valence-electron chi connectivity index (χ0n) is 12.2. The van der Waals surface area contributed by atoms with Crippen molar-refractivity contribution in [1.82, 2.24) is 15.2 Å². The predicted molar refractivity (Wildman–Crippen MR) is 103 cm³/mol. The van der Waals surface area contributed by atoms with Crippen LogP contribution in [0.5, 0.6) is 0 Å². The van der Waals surface area contributed by atoms with Crippen molar-refractivity contribution in [3.63, 3.8) is 0 Å². The van der Waals surface area contributed by atoms with Gasteiger partial charge in [0.25, 0.3) is 0 Å². The van der Waals surface area contributed by atoms with Crippen LogP contribution in [0.15, 0.2) is 18.2 Å². The van der Waals surface area contributed by atoms with Gasteiger partial charge in [-0.3, -0.25) is 5.10 Å². The van der Waals surface area contributed by atoms with E-state index in [2.05, 4.69) is 72.5 Å². The summed E-state index contributed by atoms with van der Waals surface area (Å²) in [5.74, 6) is 0. The standard InChI is InChI=1S/C16H16IN4P/c1-8-5-13(19-11-3-2-4-18-15(8)11)16-9-6-10(17)14(22)7-12(9)20-21-16/h5-7,18H,2-4,22H2,1H3,(H,20,21). The lowest BCUT2D eigenvalue weighted by molar-refractivity contribution is 0.799. The fourth-order valence-electron chi connectivity index (χ4n) is 3.00. The second-order valence-electron chi connectivity index (χ2n) is 5.67. The second-order valence-corrected chi connectivity index (χ2v) is 7.45. The van der Waals surface area contributed by atoms with Crippen molar-refractivity contribution >= 4 is 53.7 Å². The number of aromatic nitrogens is 3. The van der Waals surface area contributed by atoms with Crippen LogP contribution in [0.2, 0.25) is 0 Å². The monoisotopic (exact) mass is 422 g/mol. The number of hydrogen-bond acceptors (Lipinski definition) is 3. The molecule has 1 atom stereocenters. The summed E-state index contributed by atoms with van der Waals surface area (Å²) in [6, 6.07) is 6.42. The minimum absolute atomic E-state index is 0.939. The molecule has 1 aliphatic heterocycles. The Hall–Kier alpha value is -1.20. The maximum atomic E-state index is 4.87. The third-order valence-corrected chi connectivity index (χ3v) is 6.11.